The summed E-state index contributed by atoms with van der Waals surface area (Å²) < 4.78 is 26.8. The molecule has 128 valence electrons. The molecule has 1 saturated heterocycles. The molecule has 0 radical (unpaired) electrons. The standard InChI is InChI=1S/C15H23N3O3S2/c16-9-12-1-3-14(4-2-12)23(20,21)18-7-5-13(6-8-18)10-17-15(19)11-22/h1-4,13,22H,5-11,16H2,(H,17,19). The summed E-state index contributed by atoms with van der Waals surface area (Å²) in [4.78, 5) is 11.5. The minimum Gasteiger partial charge on any atom is -0.355 e. The molecule has 3 N–H and O–H groups in total. The van der Waals surface area contributed by atoms with E-state index in [0.717, 1.165) is 18.4 Å². The predicted molar refractivity (Wildman–Crippen MR) is 92.7 cm³/mol. The molecule has 8 heteroatoms. The van der Waals surface area contributed by atoms with Crippen molar-refractivity contribution >= 4 is 28.6 Å². The number of rotatable bonds is 6. The lowest BCUT2D eigenvalue weighted by molar-refractivity contribution is -0.118. The Labute approximate surface area is 142 Å². The first-order valence-electron chi connectivity index (χ1n) is 7.64. The Balaban J connectivity index is 1.94. The Hall–Kier alpha value is -1.09. The summed E-state index contributed by atoms with van der Waals surface area (Å²) in [5, 5.41) is 2.80. The van der Waals surface area contributed by atoms with E-state index in [2.05, 4.69) is 17.9 Å². The number of hydrogen-bond acceptors (Lipinski definition) is 5. The van der Waals surface area contributed by atoms with Crippen molar-refractivity contribution in [3.63, 3.8) is 0 Å². The van der Waals surface area contributed by atoms with Crippen molar-refractivity contribution in [2.45, 2.75) is 24.3 Å². The first kappa shape index (κ1) is 18.3. The van der Waals surface area contributed by atoms with Gasteiger partial charge in [-0.25, -0.2) is 8.42 Å². The maximum atomic E-state index is 12.6. The number of sulfonamides is 1. The van der Waals surface area contributed by atoms with Gasteiger partial charge >= 0.3 is 0 Å². The van der Waals surface area contributed by atoms with E-state index in [1.807, 2.05) is 0 Å². The molecule has 1 heterocycles. The Morgan fingerprint density at radius 3 is 2.39 bits per heavy atom. The van der Waals surface area contributed by atoms with Crippen molar-refractivity contribution in [1.29, 1.82) is 0 Å². The molecule has 0 atom stereocenters. The number of thiol groups is 1. The molecule has 0 saturated carbocycles. The summed E-state index contributed by atoms with van der Waals surface area (Å²) in [5.74, 6) is 0.389. The van der Waals surface area contributed by atoms with Crippen molar-refractivity contribution in [3.05, 3.63) is 29.8 Å². The monoisotopic (exact) mass is 357 g/mol. The fourth-order valence-corrected chi connectivity index (χ4v) is 4.20. The van der Waals surface area contributed by atoms with Crippen LogP contribution >= 0.6 is 12.6 Å². The van der Waals surface area contributed by atoms with Crippen LogP contribution in [-0.4, -0.2) is 44.0 Å². The molecular weight excluding hydrogens is 334 g/mol. The topological polar surface area (TPSA) is 92.5 Å². The number of piperidine rings is 1. The lowest BCUT2D eigenvalue weighted by Crippen LogP contribution is -2.41. The van der Waals surface area contributed by atoms with Crippen molar-refractivity contribution in [2.75, 3.05) is 25.4 Å². The fraction of sp³-hybridized carbons (Fsp3) is 0.533. The average molecular weight is 358 g/mol. The summed E-state index contributed by atoms with van der Waals surface area (Å²) in [6.07, 6.45) is 1.49. The van der Waals surface area contributed by atoms with E-state index in [4.69, 9.17) is 5.73 Å². The minimum atomic E-state index is -3.45. The highest BCUT2D eigenvalue weighted by Crippen LogP contribution is 2.23. The van der Waals surface area contributed by atoms with Gasteiger partial charge in [-0.1, -0.05) is 12.1 Å². The molecule has 0 aliphatic carbocycles. The summed E-state index contributed by atoms with van der Waals surface area (Å²) in [6.45, 7) is 1.92. The fourth-order valence-electron chi connectivity index (χ4n) is 2.61. The van der Waals surface area contributed by atoms with Gasteiger partial charge in [-0.05, 0) is 36.5 Å². The van der Waals surface area contributed by atoms with Crippen LogP contribution in [0, 0.1) is 5.92 Å². The Morgan fingerprint density at radius 2 is 1.87 bits per heavy atom. The Morgan fingerprint density at radius 1 is 1.26 bits per heavy atom. The number of benzene rings is 1. The van der Waals surface area contributed by atoms with Crippen molar-refractivity contribution in [1.82, 2.24) is 9.62 Å². The van der Waals surface area contributed by atoms with Crippen molar-refractivity contribution in [3.8, 4) is 0 Å². The molecule has 1 aliphatic heterocycles. The molecule has 1 aliphatic rings. The van der Waals surface area contributed by atoms with Crippen LogP contribution in [-0.2, 0) is 21.4 Å². The largest absolute Gasteiger partial charge is 0.355 e. The molecule has 6 nitrogen and oxygen atoms in total. The molecule has 0 aromatic heterocycles. The van der Waals surface area contributed by atoms with Crippen LogP contribution in [0.5, 0.6) is 0 Å². The molecule has 0 spiro atoms. The summed E-state index contributed by atoms with van der Waals surface area (Å²) in [7, 11) is -3.45. The van der Waals surface area contributed by atoms with E-state index in [1.54, 1.807) is 24.3 Å². The van der Waals surface area contributed by atoms with E-state index in [1.165, 1.54) is 4.31 Å². The normalized spacial score (nSPS) is 17.1. The smallest absolute Gasteiger partial charge is 0.243 e. The van der Waals surface area contributed by atoms with Gasteiger partial charge in [0.2, 0.25) is 15.9 Å². The second-order valence-corrected chi connectivity index (χ2v) is 7.91. The highest BCUT2D eigenvalue weighted by atomic mass is 32.2. The molecule has 0 unspecified atom stereocenters. The molecule has 1 fully saturated rings. The third kappa shape index (κ3) is 4.69. The maximum absolute atomic E-state index is 12.6. The Kier molecular flexibility index (Phi) is 6.46. The zero-order valence-electron chi connectivity index (χ0n) is 12.9. The average Bonchev–Trinajstić information content (AvgIpc) is 2.60. The first-order chi connectivity index (χ1) is 11.0. The molecule has 1 aromatic rings. The van der Waals surface area contributed by atoms with Crippen LogP contribution in [0.3, 0.4) is 0 Å². The first-order valence-corrected chi connectivity index (χ1v) is 9.71. The number of carbonyl (C=O) groups is 1. The van der Waals surface area contributed by atoms with E-state index in [-0.39, 0.29) is 11.7 Å². The third-order valence-corrected chi connectivity index (χ3v) is 6.30. The highest BCUT2D eigenvalue weighted by molar-refractivity contribution is 7.89. The Bertz CT molecular complexity index is 624. The van der Waals surface area contributed by atoms with Crippen LogP contribution in [0.25, 0.3) is 0 Å². The third-order valence-electron chi connectivity index (χ3n) is 4.10. The predicted octanol–water partition coefficient (Wildman–Crippen LogP) is 0.592. The van der Waals surface area contributed by atoms with Crippen molar-refractivity contribution < 1.29 is 13.2 Å². The zero-order chi connectivity index (χ0) is 16.9. The quantitative estimate of drug-likeness (QED) is 0.650. The van der Waals surface area contributed by atoms with Crippen LogP contribution in [0.15, 0.2) is 29.2 Å². The maximum Gasteiger partial charge on any atom is 0.243 e. The number of nitrogens with two attached hydrogens (primary N) is 1. The van der Waals surface area contributed by atoms with Crippen LogP contribution in [0.1, 0.15) is 18.4 Å². The van der Waals surface area contributed by atoms with Gasteiger partial charge in [-0.15, -0.1) is 0 Å². The zero-order valence-corrected chi connectivity index (χ0v) is 14.7. The van der Waals surface area contributed by atoms with Crippen LogP contribution < -0.4 is 11.1 Å². The highest BCUT2D eigenvalue weighted by Gasteiger charge is 2.29. The van der Waals surface area contributed by atoms with Gasteiger partial charge in [-0.2, -0.15) is 16.9 Å². The van der Waals surface area contributed by atoms with Gasteiger partial charge in [0.1, 0.15) is 0 Å². The second kappa shape index (κ2) is 8.14. The summed E-state index contributed by atoms with van der Waals surface area (Å²) in [5.41, 5.74) is 6.44. The van der Waals surface area contributed by atoms with E-state index in [9.17, 15) is 13.2 Å². The van der Waals surface area contributed by atoms with Gasteiger partial charge in [0.25, 0.3) is 0 Å². The number of amides is 1. The SMILES string of the molecule is NCc1ccc(S(=O)(=O)N2CCC(CNC(=O)CS)CC2)cc1. The van der Waals surface area contributed by atoms with E-state index < -0.39 is 10.0 Å². The molecule has 1 aromatic carbocycles. The van der Waals surface area contributed by atoms with Gasteiger partial charge in [-0.3, -0.25) is 4.79 Å². The number of carbonyl (C=O) groups excluding carboxylic acids is 1. The molecule has 2 rings (SSSR count). The molecular formula is C15H23N3O3S2. The molecule has 1 amide bonds. The number of hydrogen-bond donors (Lipinski definition) is 3. The van der Waals surface area contributed by atoms with Crippen LogP contribution in [0.4, 0.5) is 0 Å². The summed E-state index contributed by atoms with van der Waals surface area (Å²) >= 11 is 3.91. The van der Waals surface area contributed by atoms with Crippen molar-refractivity contribution in [2.24, 2.45) is 11.7 Å². The lowest BCUT2D eigenvalue weighted by atomic mass is 9.98. The van der Waals surface area contributed by atoms with E-state index >= 15 is 0 Å². The van der Waals surface area contributed by atoms with Gasteiger partial charge in [0.15, 0.2) is 0 Å². The molecule has 23 heavy (non-hydrogen) atoms. The van der Waals surface area contributed by atoms with E-state index in [0.29, 0.717) is 37.0 Å². The molecule has 0 bridgehead atoms. The second-order valence-electron chi connectivity index (χ2n) is 5.66. The number of nitrogens with one attached hydrogen (secondary N) is 1. The van der Waals surface area contributed by atoms with Gasteiger partial charge < -0.3 is 11.1 Å². The van der Waals surface area contributed by atoms with Gasteiger partial charge in [0, 0.05) is 26.2 Å². The van der Waals surface area contributed by atoms with Gasteiger partial charge in [0.05, 0.1) is 10.6 Å². The number of nitrogens with zero attached hydrogens (tertiary/aromatic N) is 1. The van der Waals surface area contributed by atoms with Crippen LogP contribution in [0.2, 0.25) is 0 Å². The lowest BCUT2D eigenvalue weighted by Gasteiger charge is -2.31. The minimum absolute atomic E-state index is 0.0941. The summed E-state index contributed by atoms with van der Waals surface area (Å²) in [6, 6.07) is 6.70.